The van der Waals surface area contributed by atoms with Gasteiger partial charge in [-0.25, -0.2) is 0 Å². The Morgan fingerprint density at radius 3 is 2.42 bits per heavy atom. The molecule has 0 rings (SSSR count). The molecule has 0 aliphatic carbocycles. The summed E-state index contributed by atoms with van der Waals surface area (Å²) in [6.45, 7) is 6.57. The van der Waals surface area contributed by atoms with Gasteiger partial charge in [-0.1, -0.05) is 20.8 Å². The first kappa shape index (κ1) is 11.4. The van der Waals surface area contributed by atoms with Crippen LogP contribution in [0.2, 0.25) is 0 Å². The van der Waals surface area contributed by atoms with Gasteiger partial charge in [0.05, 0.1) is 12.6 Å². The number of amides is 1. The molecule has 0 aromatic heterocycles. The molecule has 1 atom stereocenters. The summed E-state index contributed by atoms with van der Waals surface area (Å²) in [4.78, 5) is 11.0. The van der Waals surface area contributed by atoms with E-state index >= 15 is 0 Å². The molecule has 0 aromatic rings. The number of carbonyl (C=O) groups excluding carboxylic acids is 1. The van der Waals surface area contributed by atoms with Gasteiger partial charge in [-0.3, -0.25) is 4.79 Å². The van der Waals surface area contributed by atoms with Crippen LogP contribution in [0.25, 0.3) is 0 Å². The highest BCUT2D eigenvalue weighted by molar-refractivity contribution is 5.75. The molecule has 0 aliphatic rings. The quantitative estimate of drug-likeness (QED) is 0.678. The van der Waals surface area contributed by atoms with Crippen molar-refractivity contribution in [2.45, 2.75) is 33.2 Å². The van der Waals surface area contributed by atoms with Crippen molar-refractivity contribution in [3.05, 3.63) is 0 Å². The smallest absolute Gasteiger partial charge is 0.220 e. The molecule has 0 aliphatic heterocycles. The number of hydrogen-bond acceptors (Lipinski definition) is 2. The molecule has 0 fully saturated rings. The third-order valence-electron chi connectivity index (χ3n) is 1.82. The lowest BCUT2D eigenvalue weighted by atomic mass is 10.1. The Morgan fingerprint density at radius 1 is 1.50 bits per heavy atom. The first-order valence-corrected chi connectivity index (χ1v) is 4.40. The van der Waals surface area contributed by atoms with Gasteiger partial charge in [0.25, 0.3) is 0 Å². The van der Waals surface area contributed by atoms with Gasteiger partial charge < -0.3 is 10.1 Å². The number of nitrogens with one attached hydrogen (secondary N) is 1. The maximum atomic E-state index is 11.0. The maximum absolute atomic E-state index is 11.0. The van der Waals surface area contributed by atoms with E-state index in [1.54, 1.807) is 7.11 Å². The minimum absolute atomic E-state index is 0.0887. The molecule has 3 heteroatoms. The molecule has 0 radical (unpaired) electrons. The van der Waals surface area contributed by atoms with Crippen molar-refractivity contribution in [1.29, 1.82) is 0 Å². The molecule has 1 amide bonds. The summed E-state index contributed by atoms with van der Waals surface area (Å²) in [5, 5.41) is 2.90. The molecule has 0 heterocycles. The van der Waals surface area contributed by atoms with Crippen LogP contribution in [-0.4, -0.2) is 25.7 Å². The van der Waals surface area contributed by atoms with Crippen molar-refractivity contribution in [3.8, 4) is 0 Å². The standard InChI is InChI=1S/C9H19NO2/c1-5-9(11)10-8(6-12-4)7(2)3/h7-8H,5-6H2,1-4H3,(H,10,11). The summed E-state index contributed by atoms with van der Waals surface area (Å²) >= 11 is 0. The fourth-order valence-electron chi connectivity index (χ4n) is 0.889. The van der Waals surface area contributed by atoms with Gasteiger partial charge in [0, 0.05) is 13.5 Å². The number of ether oxygens (including phenoxy) is 1. The number of methoxy groups -OCH3 is 1. The van der Waals surface area contributed by atoms with Crippen LogP contribution in [0.3, 0.4) is 0 Å². The normalized spacial score (nSPS) is 13.1. The first-order valence-electron chi connectivity index (χ1n) is 4.40. The third kappa shape index (κ3) is 4.34. The number of hydrogen-bond donors (Lipinski definition) is 1. The summed E-state index contributed by atoms with van der Waals surface area (Å²) in [7, 11) is 1.65. The fraction of sp³-hybridized carbons (Fsp3) is 0.889. The average molecular weight is 173 g/mol. The summed E-state index contributed by atoms with van der Waals surface area (Å²) < 4.78 is 5.00. The molecule has 0 saturated heterocycles. The first-order chi connectivity index (χ1) is 5.61. The molecule has 12 heavy (non-hydrogen) atoms. The van der Waals surface area contributed by atoms with Crippen LogP contribution in [0.5, 0.6) is 0 Å². The van der Waals surface area contributed by atoms with Crippen molar-refractivity contribution in [2.24, 2.45) is 5.92 Å². The molecule has 3 nitrogen and oxygen atoms in total. The summed E-state index contributed by atoms with van der Waals surface area (Å²) in [6.07, 6.45) is 0.535. The Kier molecular flexibility index (Phi) is 5.72. The van der Waals surface area contributed by atoms with Crippen molar-refractivity contribution < 1.29 is 9.53 Å². The second-order valence-corrected chi connectivity index (χ2v) is 3.23. The molecule has 0 saturated carbocycles. The minimum atomic E-state index is 0.0887. The molecule has 72 valence electrons. The van der Waals surface area contributed by atoms with Crippen LogP contribution in [0, 0.1) is 5.92 Å². The summed E-state index contributed by atoms with van der Waals surface area (Å²) in [5.41, 5.74) is 0. The zero-order valence-corrected chi connectivity index (χ0v) is 8.39. The monoisotopic (exact) mass is 173 g/mol. The Morgan fingerprint density at radius 2 is 2.08 bits per heavy atom. The van der Waals surface area contributed by atoms with Crippen molar-refractivity contribution in [2.75, 3.05) is 13.7 Å². The molecular formula is C9H19NO2. The van der Waals surface area contributed by atoms with Crippen LogP contribution in [0.4, 0.5) is 0 Å². The highest BCUT2D eigenvalue weighted by Gasteiger charge is 2.14. The lowest BCUT2D eigenvalue weighted by molar-refractivity contribution is -0.122. The highest BCUT2D eigenvalue weighted by atomic mass is 16.5. The van der Waals surface area contributed by atoms with E-state index in [1.165, 1.54) is 0 Å². The topological polar surface area (TPSA) is 38.3 Å². The van der Waals surface area contributed by atoms with E-state index < -0.39 is 0 Å². The second kappa shape index (κ2) is 6.00. The van der Waals surface area contributed by atoms with Crippen LogP contribution in [0.1, 0.15) is 27.2 Å². The van der Waals surface area contributed by atoms with Gasteiger partial charge in [-0.2, -0.15) is 0 Å². The van der Waals surface area contributed by atoms with E-state index in [0.29, 0.717) is 18.9 Å². The number of carbonyl (C=O) groups is 1. The largest absolute Gasteiger partial charge is 0.383 e. The van der Waals surface area contributed by atoms with Crippen LogP contribution >= 0.6 is 0 Å². The summed E-state index contributed by atoms with van der Waals surface area (Å²) in [6, 6.07) is 0.141. The third-order valence-corrected chi connectivity index (χ3v) is 1.82. The molecular weight excluding hydrogens is 154 g/mol. The molecule has 0 spiro atoms. The zero-order valence-electron chi connectivity index (χ0n) is 8.39. The van der Waals surface area contributed by atoms with Crippen molar-refractivity contribution >= 4 is 5.91 Å². The predicted octanol–water partition coefficient (Wildman–Crippen LogP) is 1.18. The van der Waals surface area contributed by atoms with E-state index in [4.69, 9.17) is 4.74 Å². The molecule has 1 N–H and O–H groups in total. The molecule has 0 bridgehead atoms. The van der Waals surface area contributed by atoms with Gasteiger partial charge in [0.1, 0.15) is 0 Å². The van der Waals surface area contributed by atoms with E-state index in [9.17, 15) is 4.79 Å². The van der Waals surface area contributed by atoms with E-state index in [1.807, 2.05) is 6.92 Å². The zero-order chi connectivity index (χ0) is 9.56. The van der Waals surface area contributed by atoms with Crippen molar-refractivity contribution in [1.82, 2.24) is 5.32 Å². The lowest BCUT2D eigenvalue weighted by Crippen LogP contribution is -2.41. The van der Waals surface area contributed by atoms with Gasteiger partial charge in [0.15, 0.2) is 0 Å². The SMILES string of the molecule is CCC(=O)NC(COC)C(C)C. The Bertz CT molecular complexity index is 134. The predicted molar refractivity (Wildman–Crippen MR) is 48.9 cm³/mol. The second-order valence-electron chi connectivity index (χ2n) is 3.23. The maximum Gasteiger partial charge on any atom is 0.220 e. The van der Waals surface area contributed by atoms with E-state index in [-0.39, 0.29) is 11.9 Å². The van der Waals surface area contributed by atoms with Gasteiger partial charge in [-0.15, -0.1) is 0 Å². The Labute approximate surface area is 74.5 Å². The molecule has 0 aromatic carbocycles. The fourth-order valence-corrected chi connectivity index (χ4v) is 0.889. The van der Waals surface area contributed by atoms with Crippen LogP contribution in [-0.2, 0) is 9.53 Å². The highest BCUT2D eigenvalue weighted by Crippen LogP contribution is 2.01. The van der Waals surface area contributed by atoms with Gasteiger partial charge in [0.2, 0.25) is 5.91 Å². The minimum Gasteiger partial charge on any atom is -0.383 e. The Hall–Kier alpha value is -0.570. The molecule has 1 unspecified atom stereocenters. The lowest BCUT2D eigenvalue weighted by Gasteiger charge is -2.20. The Balaban J connectivity index is 3.86. The van der Waals surface area contributed by atoms with Gasteiger partial charge in [-0.05, 0) is 5.92 Å². The van der Waals surface area contributed by atoms with E-state index in [0.717, 1.165) is 0 Å². The van der Waals surface area contributed by atoms with E-state index in [2.05, 4.69) is 19.2 Å². The van der Waals surface area contributed by atoms with Gasteiger partial charge >= 0.3 is 0 Å². The average Bonchev–Trinajstić information content (AvgIpc) is 2.03. The van der Waals surface area contributed by atoms with Crippen LogP contribution in [0.15, 0.2) is 0 Å². The van der Waals surface area contributed by atoms with Crippen LogP contribution < -0.4 is 5.32 Å². The van der Waals surface area contributed by atoms with Crippen molar-refractivity contribution in [3.63, 3.8) is 0 Å². The summed E-state index contributed by atoms with van der Waals surface area (Å²) in [5.74, 6) is 0.506. The number of rotatable bonds is 5.